The van der Waals surface area contributed by atoms with E-state index in [0.717, 1.165) is 22.6 Å². The fourth-order valence-electron chi connectivity index (χ4n) is 4.76. The van der Waals surface area contributed by atoms with Gasteiger partial charge in [0.25, 0.3) is 0 Å². The summed E-state index contributed by atoms with van der Waals surface area (Å²) in [7, 11) is 0. The highest BCUT2D eigenvalue weighted by Gasteiger charge is 2.36. The molecule has 0 radical (unpaired) electrons. The van der Waals surface area contributed by atoms with Crippen LogP contribution in [0.1, 0.15) is 45.1 Å². The zero-order valence-corrected chi connectivity index (χ0v) is 19.9. The van der Waals surface area contributed by atoms with Gasteiger partial charge in [-0.25, -0.2) is 9.37 Å². The molecule has 2 atom stereocenters. The molecule has 1 saturated heterocycles. The first-order valence-electron chi connectivity index (χ1n) is 11.2. The predicted molar refractivity (Wildman–Crippen MR) is 130 cm³/mol. The monoisotopic (exact) mass is 488 g/mol. The summed E-state index contributed by atoms with van der Waals surface area (Å²) >= 11 is 6.03. The molecule has 3 heterocycles. The number of fused-ring (bicyclic) bond motifs is 1. The van der Waals surface area contributed by atoms with Crippen molar-refractivity contribution in [1.82, 2.24) is 9.55 Å². The van der Waals surface area contributed by atoms with Crippen LogP contribution in [0.5, 0.6) is 0 Å². The second-order valence-electron chi connectivity index (χ2n) is 9.11. The Morgan fingerprint density at radius 1 is 1.32 bits per heavy atom. The van der Waals surface area contributed by atoms with E-state index in [-0.39, 0.29) is 35.2 Å². The number of pyridine rings is 2. The lowest BCUT2D eigenvalue weighted by atomic mass is 9.93. The number of halogens is 2. The zero-order chi connectivity index (χ0) is 24.7. The molecule has 4 rings (SSSR count). The minimum absolute atomic E-state index is 0.00508. The number of hydrogen-bond donors (Lipinski definition) is 1. The van der Waals surface area contributed by atoms with E-state index in [0.29, 0.717) is 18.7 Å². The molecule has 0 amide bonds. The molecule has 3 aromatic rings. The maximum absolute atomic E-state index is 14.7. The number of benzene rings is 1. The van der Waals surface area contributed by atoms with Gasteiger partial charge in [-0.15, -0.1) is 0 Å². The zero-order valence-electron chi connectivity index (χ0n) is 19.2. The maximum atomic E-state index is 14.7. The first-order valence-corrected chi connectivity index (χ1v) is 11.6. The number of nitro groups is 1. The summed E-state index contributed by atoms with van der Waals surface area (Å²) in [6, 6.07) is 7.69. The van der Waals surface area contributed by atoms with Crippen molar-refractivity contribution >= 4 is 34.0 Å². The summed E-state index contributed by atoms with van der Waals surface area (Å²) in [5.41, 5.74) is -0.372. The van der Waals surface area contributed by atoms with Gasteiger partial charge in [-0.1, -0.05) is 50.6 Å². The topological polar surface area (TPSA) is 102 Å². The van der Waals surface area contributed by atoms with Crippen molar-refractivity contribution in [2.24, 2.45) is 5.92 Å². The third-order valence-corrected chi connectivity index (χ3v) is 6.70. The van der Waals surface area contributed by atoms with Gasteiger partial charge in [0, 0.05) is 6.54 Å². The lowest BCUT2D eigenvalue weighted by molar-refractivity contribution is -0.385. The summed E-state index contributed by atoms with van der Waals surface area (Å²) in [5, 5.41) is 22.0. The van der Waals surface area contributed by atoms with Crippen molar-refractivity contribution in [1.29, 1.82) is 0 Å². The number of para-hydroxylation sites is 1. The van der Waals surface area contributed by atoms with Crippen LogP contribution in [0, 0.1) is 21.8 Å². The van der Waals surface area contributed by atoms with E-state index in [1.807, 2.05) is 32.9 Å². The summed E-state index contributed by atoms with van der Waals surface area (Å²) in [6.07, 6.45) is 1.41. The average molecular weight is 489 g/mol. The molecule has 1 aromatic carbocycles. The molecule has 34 heavy (non-hydrogen) atoms. The molecule has 2 aromatic heterocycles. The highest BCUT2D eigenvalue weighted by molar-refractivity contribution is 6.30. The van der Waals surface area contributed by atoms with Crippen LogP contribution in [-0.2, 0) is 0 Å². The molecule has 0 saturated carbocycles. The van der Waals surface area contributed by atoms with Gasteiger partial charge in [-0.3, -0.25) is 19.5 Å². The number of rotatable bonds is 5. The van der Waals surface area contributed by atoms with E-state index >= 15 is 0 Å². The van der Waals surface area contributed by atoms with Gasteiger partial charge in [0.15, 0.2) is 16.6 Å². The van der Waals surface area contributed by atoms with E-state index in [4.69, 9.17) is 11.6 Å². The van der Waals surface area contributed by atoms with Gasteiger partial charge in [0.05, 0.1) is 28.6 Å². The van der Waals surface area contributed by atoms with Crippen molar-refractivity contribution < 1.29 is 14.4 Å². The molecule has 1 fully saturated rings. The molecule has 1 aliphatic rings. The summed E-state index contributed by atoms with van der Waals surface area (Å²) in [5.74, 6) is -0.696. The fourth-order valence-corrected chi connectivity index (χ4v) is 4.90. The molecule has 0 spiro atoms. The Kier molecular flexibility index (Phi) is 6.60. The second-order valence-corrected chi connectivity index (χ2v) is 9.47. The fraction of sp³-hybridized carbons (Fsp3) is 0.417. The highest BCUT2D eigenvalue weighted by atomic mass is 35.5. The number of aliphatic hydroxyl groups is 1. The number of anilines is 1. The SMILES string of the molecule is CC(C)c1ccccc1-n1c(=O)c([N+](=O)[O-])c(N2C[C@@H](C)CC[C@@H]2CO)c2cc(F)c(Cl)nc21. The lowest BCUT2D eigenvalue weighted by Gasteiger charge is -2.39. The standard InChI is InChI=1S/C24H26ClFN4O4/c1-13(2)16-6-4-5-7-19(16)29-23-17(10-18(26)22(25)27-23)20(21(24(29)32)30(33)34)28-11-14(3)8-9-15(28)12-31/h4-7,10,13-15,31H,8-9,11-12H2,1-3H3/t14-,15+/m0/s1. The van der Waals surface area contributed by atoms with Crippen LogP contribution in [0.25, 0.3) is 16.7 Å². The van der Waals surface area contributed by atoms with E-state index in [2.05, 4.69) is 4.98 Å². The van der Waals surface area contributed by atoms with Crippen molar-refractivity contribution in [2.75, 3.05) is 18.1 Å². The maximum Gasteiger partial charge on any atom is 0.358 e. The Bertz CT molecular complexity index is 1330. The molecule has 1 aliphatic heterocycles. The van der Waals surface area contributed by atoms with Gasteiger partial charge in [0.1, 0.15) is 5.69 Å². The molecule has 1 N–H and O–H groups in total. The molecular formula is C24H26ClFN4O4. The van der Waals surface area contributed by atoms with Crippen LogP contribution in [0.4, 0.5) is 15.8 Å². The van der Waals surface area contributed by atoms with Crippen molar-refractivity contribution in [3.8, 4) is 5.69 Å². The van der Waals surface area contributed by atoms with Gasteiger partial charge in [-0.05, 0) is 42.4 Å². The van der Waals surface area contributed by atoms with Crippen LogP contribution < -0.4 is 10.5 Å². The van der Waals surface area contributed by atoms with Crippen LogP contribution in [0.15, 0.2) is 35.1 Å². The van der Waals surface area contributed by atoms with E-state index in [1.165, 1.54) is 0 Å². The van der Waals surface area contributed by atoms with Crippen LogP contribution in [0.3, 0.4) is 0 Å². The van der Waals surface area contributed by atoms with Crippen molar-refractivity contribution in [3.05, 3.63) is 67.3 Å². The highest BCUT2D eigenvalue weighted by Crippen LogP contribution is 2.40. The van der Waals surface area contributed by atoms with Crippen LogP contribution >= 0.6 is 11.6 Å². The van der Waals surface area contributed by atoms with E-state index in [1.54, 1.807) is 17.0 Å². The molecule has 0 aliphatic carbocycles. The van der Waals surface area contributed by atoms with E-state index < -0.39 is 33.2 Å². The smallest absolute Gasteiger partial charge is 0.358 e. The Hall–Kier alpha value is -3.04. The first kappa shape index (κ1) is 24.1. The van der Waals surface area contributed by atoms with Crippen LogP contribution in [0.2, 0.25) is 5.15 Å². The lowest BCUT2D eigenvalue weighted by Crippen LogP contribution is -2.46. The molecule has 10 heteroatoms. The van der Waals surface area contributed by atoms with Gasteiger partial charge >= 0.3 is 11.2 Å². The van der Waals surface area contributed by atoms with Crippen molar-refractivity contribution in [2.45, 2.75) is 45.6 Å². The van der Waals surface area contributed by atoms with Crippen LogP contribution in [-0.4, -0.2) is 38.8 Å². The number of piperidine rings is 1. The Labute approximate surface area is 200 Å². The third kappa shape index (κ3) is 4.03. The Morgan fingerprint density at radius 2 is 2.03 bits per heavy atom. The largest absolute Gasteiger partial charge is 0.394 e. The van der Waals surface area contributed by atoms with Gasteiger partial charge in [-0.2, -0.15) is 0 Å². The quantitative estimate of drug-likeness (QED) is 0.314. The minimum Gasteiger partial charge on any atom is -0.394 e. The van der Waals surface area contributed by atoms with Gasteiger partial charge in [0.2, 0.25) is 0 Å². The Balaban J connectivity index is 2.19. The molecule has 0 unspecified atom stereocenters. The van der Waals surface area contributed by atoms with Crippen molar-refractivity contribution in [3.63, 3.8) is 0 Å². The number of nitrogens with zero attached hydrogens (tertiary/aromatic N) is 4. The summed E-state index contributed by atoms with van der Waals surface area (Å²) in [4.78, 5) is 31.2. The predicted octanol–water partition coefficient (Wildman–Crippen LogP) is 4.81. The molecule has 8 nitrogen and oxygen atoms in total. The molecule has 180 valence electrons. The second kappa shape index (κ2) is 9.31. The van der Waals surface area contributed by atoms with E-state index in [9.17, 15) is 24.4 Å². The summed E-state index contributed by atoms with van der Waals surface area (Å²) < 4.78 is 15.9. The first-order chi connectivity index (χ1) is 16.1. The normalized spacial score (nSPS) is 18.6. The average Bonchev–Trinajstić information content (AvgIpc) is 2.79. The number of aliphatic hydroxyl groups excluding tert-OH is 1. The third-order valence-electron chi connectivity index (χ3n) is 6.43. The van der Waals surface area contributed by atoms with Gasteiger partial charge < -0.3 is 10.0 Å². The Morgan fingerprint density at radius 3 is 2.68 bits per heavy atom. The molecular weight excluding hydrogens is 463 g/mol. The summed E-state index contributed by atoms with van der Waals surface area (Å²) in [6.45, 7) is 5.99. The number of hydrogen-bond acceptors (Lipinski definition) is 6. The number of aromatic nitrogens is 2. The minimum atomic E-state index is -0.884. The molecule has 0 bridgehead atoms.